The maximum Gasteiger partial charge on any atom is 0.412 e. The Morgan fingerprint density at radius 2 is 1.86 bits per heavy atom. The standard InChI is InChI=1S/C23H19N3O2/c27-23-26-19(10-15-4-2-1-3-5-15)11-17-12-20-18(13-21(17)28-23)14-25-22(20)16-6-8-24-9-7-16/h1-9,12-13,19H,10-11,14H2,(H,26,27). The maximum atomic E-state index is 12.3. The number of benzene rings is 2. The first-order valence-electron chi connectivity index (χ1n) is 9.39. The number of rotatable bonds is 3. The summed E-state index contributed by atoms with van der Waals surface area (Å²) in [7, 11) is 0. The number of nitrogens with zero attached hydrogens (tertiary/aromatic N) is 2. The Morgan fingerprint density at radius 3 is 2.68 bits per heavy atom. The van der Waals surface area contributed by atoms with Gasteiger partial charge in [-0.3, -0.25) is 9.98 Å². The SMILES string of the molecule is O=C1NC(Cc2ccccc2)Cc2cc3c(cc2O1)CN=C3c1ccncc1. The lowest BCUT2D eigenvalue weighted by Gasteiger charge is -2.15. The molecule has 138 valence electrons. The van der Waals surface area contributed by atoms with Crippen LogP contribution in [0.4, 0.5) is 4.79 Å². The monoisotopic (exact) mass is 369 g/mol. The number of hydrogen-bond acceptors (Lipinski definition) is 4. The summed E-state index contributed by atoms with van der Waals surface area (Å²) >= 11 is 0. The number of carbonyl (C=O) groups is 1. The molecular formula is C23H19N3O2. The summed E-state index contributed by atoms with van der Waals surface area (Å²) in [5.41, 5.74) is 6.45. The molecule has 2 aromatic carbocycles. The number of ether oxygens (including phenoxy) is 1. The van der Waals surface area contributed by atoms with Crippen LogP contribution in [0.15, 0.2) is 72.0 Å². The van der Waals surface area contributed by atoms with Gasteiger partial charge in [-0.15, -0.1) is 0 Å². The first-order valence-corrected chi connectivity index (χ1v) is 9.39. The second-order valence-corrected chi connectivity index (χ2v) is 7.14. The van der Waals surface area contributed by atoms with Crippen LogP contribution in [0, 0.1) is 0 Å². The minimum absolute atomic E-state index is 0.0167. The molecule has 2 aliphatic heterocycles. The van der Waals surface area contributed by atoms with E-state index in [1.807, 2.05) is 36.4 Å². The number of aliphatic imine (C=N–C) groups is 1. The fraction of sp³-hybridized carbons (Fsp3) is 0.174. The summed E-state index contributed by atoms with van der Waals surface area (Å²) in [4.78, 5) is 21.1. The summed E-state index contributed by atoms with van der Waals surface area (Å²) in [6.45, 7) is 0.596. The van der Waals surface area contributed by atoms with Gasteiger partial charge in [-0.1, -0.05) is 30.3 Å². The molecule has 1 N–H and O–H groups in total. The van der Waals surface area contributed by atoms with Crippen molar-refractivity contribution in [3.8, 4) is 5.75 Å². The molecule has 3 aromatic rings. The molecule has 5 heteroatoms. The first-order chi connectivity index (χ1) is 13.8. The highest BCUT2D eigenvalue weighted by atomic mass is 16.6. The van der Waals surface area contributed by atoms with Crippen molar-refractivity contribution in [3.63, 3.8) is 0 Å². The predicted octanol–water partition coefficient (Wildman–Crippen LogP) is 3.69. The molecule has 0 bridgehead atoms. The summed E-state index contributed by atoms with van der Waals surface area (Å²) in [5.74, 6) is 0.637. The summed E-state index contributed by atoms with van der Waals surface area (Å²) < 4.78 is 5.58. The summed E-state index contributed by atoms with van der Waals surface area (Å²) in [6, 6.07) is 18.2. The highest BCUT2D eigenvalue weighted by molar-refractivity contribution is 6.15. The smallest absolute Gasteiger partial charge is 0.410 e. The normalized spacial score (nSPS) is 17.6. The van der Waals surface area contributed by atoms with Gasteiger partial charge in [-0.2, -0.15) is 0 Å². The van der Waals surface area contributed by atoms with Crippen molar-refractivity contribution in [1.29, 1.82) is 0 Å². The molecule has 3 heterocycles. The van der Waals surface area contributed by atoms with Gasteiger partial charge in [0.1, 0.15) is 5.75 Å². The van der Waals surface area contributed by atoms with Crippen molar-refractivity contribution < 1.29 is 9.53 Å². The second-order valence-electron chi connectivity index (χ2n) is 7.14. The number of nitrogens with one attached hydrogen (secondary N) is 1. The Kier molecular flexibility index (Phi) is 4.13. The molecule has 0 spiro atoms. The molecule has 0 fully saturated rings. The topological polar surface area (TPSA) is 63.6 Å². The van der Waals surface area contributed by atoms with Gasteiger partial charge in [0.15, 0.2) is 0 Å². The van der Waals surface area contributed by atoms with Gasteiger partial charge in [0.2, 0.25) is 0 Å². The molecule has 1 aromatic heterocycles. The molecule has 0 saturated carbocycles. The number of fused-ring (bicyclic) bond motifs is 2. The quantitative estimate of drug-likeness (QED) is 0.766. The van der Waals surface area contributed by atoms with Gasteiger partial charge >= 0.3 is 6.09 Å². The van der Waals surface area contributed by atoms with Gasteiger partial charge in [0, 0.05) is 29.6 Å². The van der Waals surface area contributed by atoms with Crippen LogP contribution < -0.4 is 10.1 Å². The number of pyridine rings is 1. The molecule has 2 aliphatic rings. The average Bonchev–Trinajstić information content (AvgIpc) is 3.05. The number of amides is 1. The lowest BCUT2D eigenvalue weighted by Crippen LogP contribution is -2.37. The third-order valence-corrected chi connectivity index (χ3v) is 5.22. The fourth-order valence-electron chi connectivity index (χ4n) is 3.91. The summed E-state index contributed by atoms with van der Waals surface area (Å²) in [5, 5.41) is 2.99. The van der Waals surface area contributed by atoms with Crippen LogP contribution >= 0.6 is 0 Å². The largest absolute Gasteiger partial charge is 0.412 e. The van der Waals surface area contributed by atoms with E-state index in [-0.39, 0.29) is 6.04 Å². The van der Waals surface area contributed by atoms with Gasteiger partial charge in [0.05, 0.1) is 12.3 Å². The van der Waals surface area contributed by atoms with E-state index in [2.05, 4.69) is 28.5 Å². The lowest BCUT2D eigenvalue weighted by molar-refractivity contribution is 0.198. The van der Waals surface area contributed by atoms with Crippen LogP contribution in [-0.4, -0.2) is 22.8 Å². The molecular weight excluding hydrogens is 350 g/mol. The Hall–Kier alpha value is -3.47. The molecule has 1 amide bonds. The third kappa shape index (κ3) is 3.16. The fourth-order valence-corrected chi connectivity index (χ4v) is 3.91. The zero-order valence-electron chi connectivity index (χ0n) is 15.3. The first kappa shape index (κ1) is 16.7. The van der Waals surface area contributed by atoms with E-state index in [4.69, 9.17) is 9.73 Å². The minimum atomic E-state index is -0.395. The summed E-state index contributed by atoms with van der Waals surface area (Å²) in [6.07, 6.45) is 4.64. The van der Waals surface area contributed by atoms with Crippen LogP contribution in [0.25, 0.3) is 0 Å². The van der Waals surface area contributed by atoms with Gasteiger partial charge in [0.25, 0.3) is 0 Å². The van der Waals surface area contributed by atoms with E-state index >= 15 is 0 Å². The number of carbonyl (C=O) groups excluding carboxylic acids is 1. The molecule has 1 atom stereocenters. The second kappa shape index (κ2) is 6.93. The molecule has 5 rings (SSSR count). The van der Waals surface area contributed by atoms with E-state index in [1.54, 1.807) is 12.4 Å². The van der Waals surface area contributed by atoms with E-state index < -0.39 is 6.09 Å². The predicted molar refractivity (Wildman–Crippen MR) is 107 cm³/mol. The zero-order chi connectivity index (χ0) is 18.9. The van der Waals surface area contributed by atoms with Crippen LogP contribution in [0.5, 0.6) is 5.75 Å². The van der Waals surface area contributed by atoms with Crippen molar-refractivity contribution >= 4 is 11.8 Å². The molecule has 28 heavy (non-hydrogen) atoms. The average molecular weight is 369 g/mol. The van der Waals surface area contributed by atoms with Crippen LogP contribution in [0.3, 0.4) is 0 Å². The van der Waals surface area contributed by atoms with Crippen molar-refractivity contribution in [2.24, 2.45) is 4.99 Å². The molecule has 0 aliphatic carbocycles. The zero-order valence-corrected chi connectivity index (χ0v) is 15.3. The Balaban J connectivity index is 1.48. The highest BCUT2D eigenvalue weighted by Gasteiger charge is 2.26. The van der Waals surface area contributed by atoms with Crippen molar-refractivity contribution in [1.82, 2.24) is 10.3 Å². The molecule has 1 unspecified atom stereocenters. The van der Waals surface area contributed by atoms with Crippen molar-refractivity contribution in [2.45, 2.75) is 25.4 Å². The van der Waals surface area contributed by atoms with E-state index in [0.29, 0.717) is 18.7 Å². The molecule has 0 saturated heterocycles. The van der Waals surface area contributed by atoms with E-state index in [1.165, 1.54) is 5.56 Å². The van der Waals surface area contributed by atoms with Gasteiger partial charge in [-0.25, -0.2) is 4.79 Å². The third-order valence-electron chi connectivity index (χ3n) is 5.22. The Bertz CT molecular complexity index is 1060. The van der Waals surface area contributed by atoms with Crippen molar-refractivity contribution in [2.75, 3.05) is 0 Å². The minimum Gasteiger partial charge on any atom is -0.410 e. The van der Waals surface area contributed by atoms with Crippen LogP contribution in [0.2, 0.25) is 0 Å². The van der Waals surface area contributed by atoms with Crippen LogP contribution in [-0.2, 0) is 19.4 Å². The Labute approximate surface area is 163 Å². The number of hydrogen-bond donors (Lipinski definition) is 1. The maximum absolute atomic E-state index is 12.3. The molecule has 0 radical (unpaired) electrons. The molecule has 5 nitrogen and oxygen atoms in total. The van der Waals surface area contributed by atoms with Gasteiger partial charge < -0.3 is 10.1 Å². The van der Waals surface area contributed by atoms with Crippen molar-refractivity contribution in [3.05, 3.63) is 94.8 Å². The van der Waals surface area contributed by atoms with E-state index in [0.717, 1.165) is 34.4 Å². The lowest BCUT2D eigenvalue weighted by atomic mass is 9.93. The number of aromatic nitrogens is 1. The van der Waals surface area contributed by atoms with Gasteiger partial charge in [-0.05, 0) is 53.8 Å². The van der Waals surface area contributed by atoms with Crippen LogP contribution in [0.1, 0.15) is 27.8 Å². The van der Waals surface area contributed by atoms with E-state index in [9.17, 15) is 4.79 Å². The highest BCUT2D eigenvalue weighted by Crippen LogP contribution is 2.32. The Morgan fingerprint density at radius 1 is 1.04 bits per heavy atom.